The lowest BCUT2D eigenvalue weighted by Crippen LogP contribution is -2.44. The maximum Gasteiger partial charge on any atom is 0.407 e. The summed E-state index contributed by atoms with van der Waals surface area (Å²) in [6, 6.07) is 6.66. The summed E-state index contributed by atoms with van der Waals surface area (Å²) < 4.78 is 4.88. The van der Waals surface area contributed by atoms with Crippen molar-refractivity contribution in [2.24, 2.45) is 5.92 Å². The number of hydrogen-bond donors (Lipinski definition) is 2. The molecule has 0 aliphatic carbocycles. The summed E-state index contributed by atoms with van der Waals surface area (Å²) >= 11 is 5.99. The standard InChI is InChI=1S/C16H23ClN2O3/c1-4-22-16(21)19-12(9-11(2)3)10-18-15(20)13-7-5-6-8-14(13)17/h5-8,11-12H,4,9-10H2,1-3H3,(H,18,20)(H,19,21)/t12-/m0/s1. The van der Waals surface area contributed by atoms with Crippen LogP contribution >= 0.6 is 11.6 Å². The fourth-order valence-electron chi connectivity index (χ4n) is 2.06. The minimum Gasteiger partial charge on any atom is -0.450 e. The number of carbonyl (C=O) groups excluding carboxylic acids is 2. The van der Waals surface area contributed by atoms with Gasteiger partial charge in [-0.05, 0) is 31.4 Å². The number of carbonyl (C=O) groups is 2. The quantitative estimate of drug-likeness (QED) is 0.808. The molecule has 0 heterocycles. The minimum absolute atomic E-state index is 0.189. The third kappa shape index (κ3) is 6.35. The normalized spacial score (nSPS) is 11.9. The lowest BCUT2D eigenvalue weighted by Gasteiger charge is -2.21. The van der Waals surface area contributed by atoms with Crippen LogP contribution < -0.4 is 10.6 Å². The number of halogens is 1. The molecule has 0 aromatic heterocycles. The topological polar surface area (TPSA) is 67.4 Å². The average Bonchev–Trinajstić information content (AvgIpc) is 2.44. The van der Waals surface area contributed by atoms with Crippen LogP contribution in [0.15, 0.2) is 24.3 Å². The van der Waals surface area contributed by atoms with Crippen molar-refractivity contribution in [2.45, 2.75) is 33.2 Å². The van der Waals surface area contributed by atoms with E-state index < -0.39 is 6.09 Å². The first kappa shape index (κ1) is 18.3. The Bertz CT molecular complexity index is 506. The van der Waals surface area contributed by atoms with Crippen LogP contribution in [0, 0.1) is 5.92 Å². The Balaban J connectivity index is 2.60. The summed E-state index contributed by atoms with van der Waals surface area (Å²) in [5, 5.41) is 5.96. The smallest absolute Gasteiger partial charge is 0.407 e. The van der Waals surface area contributed by atoms with Gasteiger partial charge in [0.2, 0.25) is 0 Å². The zero-order valence-corrected chi connectivity index (χ0v) is 13.9. The predicted molar refractivity (Wildman–Crippen MR) is 87.2 cm³/mol. The van der Waals surface area contributed by atoms with E-state index in [2.05, 4.69) is 24.5 Å². The Morgan fingerprint density at radius 3 is 2.55 bits per heavy atom. The number of benzene rings is 1. The first-order chi connectivity index (χ1) is 10.4. The molecule has 2 amide bonds. The molecule has 0 aliphatic rings. The molecule has 2 N–H and O–H groups in total. The predicted octanol–water partition coefficient (Wildman–Crippen LogP) is 3.23. The zero-order chi connectivity index (χ0) is 16.5. The third-order valence-corrected chi connectivity index (χ3v) is 3.31. The average molecular weight is 327 g/mol. The molecule has 0 bridgehead atoms. The van der Waals surface area contributed by atoms with Gasteiger partial charge in [-0.25, -0.2) is 4.79 Å². The Hall–Kier alpha value is -1.75. The molecule has 0 aliphatic heterocycles. The summed E-state index contributed by atoms with van der Waals surface area (Å²) in [5.74, 6) is 0.120. The summed E-state index contributed by atoms with van der Waals surface area (Å²) in [5.41, 5.74) is 0.420. The van der Waals surface area contributed by atoms with Gasteiger partial charge >= 0.3 is 6.09 Å². The molecule has 1 rings (SSSR count). The van der Waals surface area contributed by atoms with E-state index in [1.165, 1.54) is 0 Å². The second kappa shape index (κ2) is 9.30. The second-order valence-electron chi connectivity index (χ2n) is 5.38. The van der Waals surface area contributed by atoms with Gasteiger partial charge in [0.05, 0.1) is 17.2 Å². The van der Waals surface area contributed by atoms with E-state index in [9.17, 15) is 9.59 Å². The monoisotopic (exact) mass is 326 g/mol. The molecule has 0 saturated heterocycles. The van der Waals surface area contributed by atoms with E-state index in [0.29, 0.717) is 29.7 Å². The van der Waals surface area contributed by atoms with Crippen LogP contribution in [0.4, 0.5) is 4.79 Å². The van der Waals surface area contributed by atoms with E-state index in [1.54, 1.807) is 31.2 Å². The fraction of sp³-hybridized carbons (Fsp3) is 0.500. The number of alkyl carbamates (subject to hydrolysis) is 1. The molecule has 22 heavy (non-hydrogen) atoms. The van der Waals surface area contributed by atoms with Crippen LogP contribution in [0.2, 0.25) is 5.02 Å². The Morgan fingerprint density at radius 2 is 1.95 bits per heavy atom. The summed E-state index contributed by atoms with van der Waals surface area (Å²) in [6.07, 6.45) is 0.266. The van der Waals surface area contributed by atoms with E-state index in [1.807, 2.05) is 0 Å². The van der Waals surface area contributed by atoms with Gasteiger partial charge in [-0.2, -0.15) is 0 Å². The molecular formula is C16H23ClN2O3. The summed E-state index contributed by atoms with van der Waals surface area (Å²) in [4.78, 5) is 23.7. The van der Waals surface area contributed by atoms with Crippen LogP contribution in [-0.2, 0) is 4.74 Å². The van der Waals surface area contributed by atoms with Gasteiger partial charge in [-0.15, -0.1) is 0 Å². The summed E-state index contributed by atoms with van der Waals surface area (Å²) in [6.45, 7) is 6.48. The Morgan fingerprint density at radius 1 is 1.27 bits per heavy atom. The molecule has 0 radical (unpaired) electrons. The van der Waals surface area contributed by atoms with Gasteiger partial charge in [0, 0.05) is 12.6 Å². The largest absolute Gasteiger partial charge is 0.450 e. The maximum absolute atomic E-state index is 12.1. The number of amides is 2. The van der Waals surface area contributed by atoms with Crippen molar-refractivity contribution in [3.8, 4) is 0 Å². The molecule has 1 aromatic carbocycles. The lowest BCUT2D eigenvalue weighted by molar-refractivity contribution is 0.0944. The van der Waals surface area contributed by atoms with Crippen molar-refractivity contribution >= 4 is 23.6 Å². The molecule has 6 heteroatoms. The molecule has 0 unspecified atom stereocenters. The highest BCUT2D eigenvalue weighted by molar-refractivity contribution is 6.33. The van der Waals surface area contributed by atoms with Gasteiger partial charge in [-0.1, -0.05) is 37.6 Å². The molecule has 0 spiro atoms. The molecule has 0 fully saturated rings. The Kier molecular flexibility index (Phi) is 7.74. The molecule has 5 nitrogen and oxygen atoms in total. The maximum atomic E-state index is 12.1. The van der Waals surface area contributed by atoms with Crippen LogP contribution in [-0.4, -0.2) is 31.2 Å². The summed E-state index contributed by atoms with van der Waals surface area (Å²) in [7, 11) is 0. The highest BCUT2D eigenvalue weighted by Crippen LogP contribution is 2.14. The van der Waals surface area contributed by atoms with E-state index in [4.69, 9.17) is 16.3 Å². The number of nitrogens with one attached hydrogen (secondary N) is 2. The SMILES string of the molecule is CCOC(=O)N[C@H](CNC(=O)c1ccccc1Cl)CC(C)C. The van der Waals surface area contributed by atoms with Crippen LogP contribution in [0.5, 0.6) is 0 Å². The number of ether oxygens (including phenoxy) is 1. The van der Waals surface area contributed by atoms with E-state index >= 15 is 0 Å². The number of hydrogen-bond acceptors (Lipinski definition) is 3. The number of rotatable bonds is 7. The van der Waals surface area contributed by atoms with Gasteiger partial charge < -0.3 is 15.4 Å². The molecule has 1 aromatic rings. The van der Waals surface area contributed by atoms with Gasteiger partial charge in [0.15, 0.2) is 0 Å². The minimum atomic E-state index is -0.472. The van der Waals surface area contributed by atoms with Gasteiger partial charge in [0.25, 0.3) is 5.91 Å². The van der Waals surface area contributed by atoms with Crippen molar-refractivity contribution in [1.82, 2.24) is 10.6 Å². The van der Waals surface area contributed by atoms with Crippen molar-refractivity contribution in [3.63, 3.8) is 0 Å². The lowest BCUT2D eigenvalue weighted by atomic mass is 10.0. The van der Waals surface area contributed by atoms with E-state index in [-0.39, 0.29) is 11.9 Å². The van der Waals surface area contributed by atoms with Gasteiger partial charge in [0.1, 0.15) is 0 Å². The van der Waals surface area contributed by atoms with Crippen LogP contribution in [0.3, 0.4) is 0 Å². The highest BCUT2D eigenvalue weighted by atomic mass is 35.5. The molecule has 122 valence electrons. The van der Waals surface area contributed by atoms with Crippen LogP contribution in [0.25, 0.3) is 0 Å². The fourth-order valence-corrected chi connectivity index (χ4v) is 2.28. The first-order valence-electron chi connectivity index (χ1n) is 7.40. The van der Waals surface area contributed by atoms with Gasteiger partial charge in [-0.3, -0.25) is 4.79 Å². The van der Waals surface area contributed by atoms with Crippen LogP contribution in [0.1, 0.15) is 37.6 Å². The second-order valence-corrected chi connectivity index (χ2v) is 5.79. The zero-order valence-electron chi connectivity index (χ0n) is 13.2. The first-order valence-corrected chi connectivity index (χ1v) is 7.77. The van der Waals surface area contributed by atoms with Crippen molar-refractivity contribution in [1.29, 1.82) is 0 Å². The molecule has 0 saturated carbocycles. The van der Waals surface area contributed by atoms with E-state index in [0.717, 1.165) is 6.42 Å². The van der Waals surface area contributed by atoms with Crippen molar-refractivity contribution in [3.05, 3.63) is 34.9 Å². The molecule has 1 atom stereocenters. The highest BCUT2D eigenvalue weighted by Gasteiger charge is 2.17. The third-order valence-electron chi connectivity index (χ3n) is 2.98. The Labute approximate surface area is 136 Å². The van der Waals surface area contributed by atoms with Crippen molar-refractivity contribution < 1.29 is 14.3 Å². The molecular weight excluding hydrogens is 304 g/mol. The van der Waals surface area contributed by atoms with Crippen molar-refractivity contribution in [2.75, 3.05) is 13.2 Å².